The highest BCUT2D eigenvalue weighted by Gasteiger charge is 2.17. The molecule has 0 aliphatic rings. The van der Waals surface area contributed by atoms with Crippen molar-refractivity contribution in [3.05, 3.63) is 171 Å². The summed E-state index contributed by atoms with van der Waals surface area (Å²) >= 11 is 0. The van der Waals surface area contributed by atoms with Gasteiger partial charge < -0.3 is 0 Å². The van der Waals surface area contributed by atoms with Crippen LogP contribution in [-0.4, -0.2) is 9.85 Å². The minimum atomic E-state index is -0.681. The van der Waals surface area contributed by atoms with Gasteiger partial charge in [0.2, 0.25) is 0 Å². The van der Waals surface area contributed by atoms with Gasteiger partial charge in [-0.1, -0.05) is 123 Å². The number of non-ortho nitro benzene ring substituents is 1. The average molecular weight is 479 g/mol. The summed E-state index contributed by atoms with van der Waals surface area (Å²) in [6, 6.07) is 33.9. The van der Waals surface area contributed by atoms with Crippen molar-refractivity contribution < 1.29 is 9.85 Å². The number of nitrogens with zero attached hydrogens (tertiary/aromatic N) is 2. The lowest BCUT2D eigenvalue weighted by molar-refractivity contribution is -0.394. The molecule has 0 radical (unpaired) electrons. The molecule has 4 aromatic rings. The third-order valence-corrected chi connectivity index (χ3v) is 4.92. The molecule has 4 rings (SSSR count). The maximum absolute atomic E-state index is 10.5. The lowest BCUT2D eigenvalue weighted by Crippen LogP contribution is -1.94. The molecule has 0 amide bonds. The first-order chi connectivity index (χ1) is 17.4. The van der Waals surface area contributed by atoms with E-state index < -0.39 is 9.85 Å². The van der Waals surface area contributed by atoms with Crippen molar-refractivity contribution in [1.29, 1.82) is 0 Å². The maximum Gasteiger partial charge on any atom is 0.283 e. The smallest absolute Gasteiger partial charge is 0.258 e. The van der Waals surface area contributed by atoms with E-state index >= 15 is 0 Å². The zero-order valence-corrected chi connectivity index (χ0v) is 19.7. The van der Waals surface area contributed by atoms with Gasteiger partial charge in [-0.25, -0.2) is 0 Å². The molecule has 6 nitrogen and oxygen atoms in total. The molecule has 6 heteroatoms. The minimum Gasteiger partial charge on any atom is -0.258 e. The van der Waals surface area contributed by atoms with Crippen LogP contribution >= 0.6 is 0 Å². The summed E-state index contributed by atoms with van der Waals surface area (Å²) in [5.74, 6) is 0. The van der Waals surface area contributed by atoms with Crippen LogP contribution in [0.4, 0.5) is 11.4 Å². The Bertz CT molecular complexity index is 1280. The first-order valence-electron chi connectivity index (χ1n) is 10.9. The van der Waals surface area contributed by atoms with Crippen LogP contribution in [-0.2, 0) is 0 Å². The molecule has 0 aromatic heterocycles. The molecule has 0 heterocycles. The van der Waals surface area contributed by atoms with Gasteiger partial charge in [0.25, 0.3) is 11.4 Å². The van der Waals surface area contributed by atoms with Gasteiger partial charge in [0.1, 0.15) is 0 Å². The van der Waals surface area contributed by atoms with E-state index in [0.29, 0.717) is 0 Å². The quantitative estimate of drug-likeness (QED) is 0.206. The number of benzene rings is 4. The van der Waals surface area contributed by atoms with E-state index in [1.54, 1.807) is 0 Å². The summed E-state index contributed by atoms with van der Waals surface area (Å²) in [6.45, 7) is 11.1. The Morgan fingerprint density at radius 2 is 1.11 bits per heavy atom. The van der Waals surface area contributed by atoms with E-state index in [4.69, 9.17) is 0 Å². The Morgan fingerprint density at radius 3 is 1.47 bits per heavy atom. The SMILES string of the molecule is C=C(c1ccccc1)c1ccccc1.C=Cc1ccc([N+](=O)[O-])cc1[N+](=O)[O-].C=Cc1ccccc1. The van der Waals surface area contributed by atoms with Gasteiger partial charge in [-0.2, -0.15) is 0 Å². The molecule has 36 heavy (non-hydrogen) atoms. The number of hydrogen-bond donors (Lipinski definition) is 0. The fourth-order valence-electron chi connectivity index (χ4n) is 3.01. The molecular weight excluding hydrogens is 452 g/mol. The van der Waals surface area contributed by atoms with Gasteiger partial charge in [-0.3, -0.25) is 20.2 Å². The lowest BCUT2D eigenvalue weighted by atomic mass is 10.0. The number of nitro benzene ring substituents is 2. The van der Waals surface area contributed by atoms with E-state index in [0.717, 1.165) is 11.6 Å². The minimum absolute atomic E-state index is 0.264. The summed E-state index contributed by atoms with van der Waals surface area (Å²) in [6.07, 6.45) is 3.11. The second-order valence-electron chi connectivity index (χ2n) is 7.29. The second-order valence-corrected chi connectivity index (χ2v) is 7.29. The van der Waals surface area contributed by atoms with Crippen molar-refractivity contribution >= 4 is 29.1 Å². The summed E-state index contributed by atoms with van der Waals surface area (Å²) in [7, 11) is 0. The highest BCUT2D eigenvalue weighted by Crippen LogP contribution is 2.25. The molecule has 0 atom stereocenters. The van der Waals surface area contributed by atoms with Gasteiger partial charge in [-0.15, -0.1) is 0 Å². The highest BCUT2D eigenvalue weighted by molar-refractivity contribution is 5.77. The van der Waals surface area contributed by atoms with Crippen LogP contribution in [0.1, 0.15) is 22.3 Å². The third-order valence-electron chi connectivity index (χ3n) is 4.92. The Morgan fingerprint density at radius 1 is 0.639 bits per heavy atom. The van der Waals surface area contributed by atoms with Crippen molar-refractivity contribution in [3.63, 3.8) is 0 Å². The topological polar surface area (TPSA) is 86.3 Å². The van der Waals surface area contributed by atoms with Crippen LogP contribution in [0.3, 0.4) is 0 Å². The second kappa shape index (κ2) is 14.2. The molecule has 180 valence electrons. The molecule has 0 fully saturated rings. The van der Waals surface area contributed by atoms with Crippen LogP contribution in [0.25, 0.3) is 17.7 Å². The van der Waals surface area contributed by atoms with Gasteiger partial charge >= 0.3 is 0 Å². The van der Waals surface area contributed by atoms with Crippen molar-refractivity contribution in [2.75, 3.05) is 0 Å². The molecule has 0 unspecified atom stereocenters. The fraction of sp³-hybridized carbons (Fsp3) is 0. The Labute approximate surface area is 210 Å². The van der Waals surface area contributed by atoms with E-state index in [9.17, 15) is 20.2 Å². The molecule has 0 saturated carbocycles. The number of hydrogen-bond acceptors (Lipinski definition) is 4. The monoisotopic (exact) mass is 478 g/mol. The molecule has 4 aromatic carbocycles. The summed E-state index contributed by atoms with van der Waals surface area (Å²) in [5, 5.41) is 20.8. The van der Waals surface area contributed by atoms with Crippen molar-refractivity contribution in [2.45, 2.75) is 0 Å². The predicted molar refractivity (Wildman–Crippen MR) is 147 cm³/mol. The normalized spacial score (nSPS) is 9.33. The number of rotatable bonds is 6. The highest BCUT2D eigenvalue weighted by atomic mass is 16.6. The zero-order valence-electron chi connectivity index (χ0n) is 19.7. The zero-order chi connectivity index (χ0) is 26.3. The summed E-state index contributed by atoms with van der Waals surface area (Å²) < 4.78 is 0. The first-order valence-corrected chi connectivity index (χ1v) is 10.9. The maximum atomic E-state index is 10.5. The van der Waals surface area contributed by atoms with Crippen LogP contribution in [0.5, 0.6) is 0 Å². The molecule has 0 saturated heterocycles. The van der Waals surface area contributed by atoms with Crippen LogP contribution in [0, 0.1) is 20.2 Å². The average Bonchev–Trinajstić information content (AvgIpc) is 2.94. The Balaban J connectivity index is 0.000000198. The van der Waals surface area contributed by atoms with Gasteiger partial charge in [0.05, 0.1) is 21.5 Å². The van der Waals surface area contributed by atoms with Gasteiger partial charge in [0.15, 0.2) is 0 Å². The first kappa shape index (κ1) is 27.1. The van der Waals surface area contributed by atoms with E-state index in [1.165, 1.54) is 34.9 Å². The van der Waals surface area contributed by atoms with E-state index in [1.807, 2.05) is 72.8 Å². The number of nitro groups is 2. The van der Waals surface area contributed by atoms with Gasteiger partial charge in [-0.05, 0) is 28.3 Å². The molecule has 0 aliphatic carbocycles. The summed E-state index contributed by atoms with van der Waals surface area (Å²) in [4.78, 5) is 19.5. The predicted octanol–water partition coefficient (Wildman–Crippen LogP) is 8.22. The van der Waals surface area contributed by atoms with Gasteiger partial charge in [0, 0.05) is 6.07 Å². The van der Waals surface area contributed by atoms with E-state index in [2.05, 4.69) is 44.0 Å². The molecule has 0 aliphatic heterocycles. The fourth-order valence-corrected chi connectivity index (χ4v) is 3.01. The summed E-state index contributed by atoms with van der Waals surface area (Å²) in [5.41, 5.74) is 4.26. The Kier molecular flexibility index (Phi) is 10.7. The molecule has 0 N–H and O–H groups in total. The van der Waals surface area contributed by atoms with Crippen LogP contribution < -0.4 is 0 Å². The van der Waals surface area contributed by atoms with Crippen LogP contribution in [0.2, 0.25) is 0 Å². The molecule has 0 bridgehead atoms. The van der Waals surface area contributed by atoms with Crippen molar-refractivity contribution in [3.8, 4) is 0 Å². The van der Waals surface area contributed by atoms with Crippen molar-refractivity contribution in [2.24, 2.45) is 0 Å². The van der Waals surface area contributed by atoms with E-state index in [-0.39, 0.29) is 16.9 Å². The van der Waals surface area contributed by atoms with Crippen LogP contribution in [0.15, 0.2) is 129 Å². The molecule has 0 spiro atoms. The lowest BCUT2D eigenvalue weighted by Gasteiger charge is -2.04. The Hall–Kier alpha value is -5.10. The van der Waals surface area contributed by atoms with Crippen molar-refractivity contribution in [1.82, 2.24) is 0 Å². The largest absolute Gasteiger partial charge is 0.283 e. The standard InChI is InChI=1S/C14H12.C8H6N2O4.C8H8/c1-12(13-8-4-2-5-9-13)14-10-6-3-7-11-14;1-2-6-3-4-7(9(11)12)5-8(6)10(13)14;1-2-8-6-4-3-5-7-8/h2-11H,1H2;2-5H,1H2;2-7H,1H2. The molecular formula is C30H26N2O4. The third kappa shape index (κ3) is 8.35.